The molecule has 0 bridgehead atoms. The molecule has 1 saturated heterocycles. The summed E-state index contributed by atoms with van der Waals surface area (Å²) in [4.78, 5) is 32.8. The molecule has 1 aromatic carbocycles. The fourth-order valence-corrected chi connectivity index (χ4v) is 3.90. The predicted octanol–water partition coefficient (Wildman–Crippen LogP) is 3.17. The number of rotatable bonds is 8. The van der Waals surface area contributed by atoms with Gasteiger partial charge < -0.3 is 4.90 Å². The molecule has 1 aliphatic carbocycles. The van der Waals surface area contributed by atoms with E-state index >= 15 is 4.39 Å². The van der Waals surface area contributed by atoms with E-state index in [4.69, 9.17) is 0 Å². The van der Waals surface area contributed by atoms with Crippen molar-refractivity contribution in [3.63, 3.8) is 0 Å². The van der Waals surface area contributed by atoms with Crippen LogP contribution in [0.3, 0.4) is 0 Å². The second-order valence-electron chi connectivity index (χ2n) is 8.27. The maximum atomic E-state index is 15.5. The Bertz CT molecular complexity index is 1010. The second kappa shape index (κ2) is 9.70. The van der Waals surface area contributed by atoms with Crippen LogP contribution in [0.2, 0.25) is 0 Å². The van der Waals surface area contributed by atoms with Crippen LogP contribution in [0.25, 0.3) is 0 Å². The number of hydrogen-bond donors (Lipinski definition) is 1. The number of amides is 2. The van der Waals surface area contributed by atoms with Crippen LogP contribution in [0, 0.1) is 0 Å². The van der Waals surface area contributed by atoms with Gasteiger partial charge in [-0.25, -0.2) is 18.6 Å². The Kier molecular flexibility index (Phi) is 6.73. The Labute approximate surface area is 189 Å². The van der Waals surface area contributed by atoms with Crippen molar-refractivity contribution in [1.29, 1.82) is 0 Å². The molecule has 2 aromatic rings. The number of anilines is 1. The summed E-state index contributed by atoms with van der Waals surface area (Å²) in [5.74, 6) is -1.32. The number of aromatic nitrogens is 1. The molecule has 0 spiro atoms. The molecule has 10 heteroatoms. The number of nitrogens with one attached hydrogen (secondary N) is 1. The summed E-state index contributed by atoms with van der Waals surface area (Å²) < 4.78 is 39.7. The molecule has 2 heterocycles. The molecular weight excluding hydrogens is 435 g/mol. The van der Waals surface area contributed by atoms with Gasteiger partial charge in [-0.05, 0) is 37.1 Å². The first-order chi connectivity index (χ1) is 15.9. The maximum absolute atomic E-state index is 15.5. The molecule has 0 radical (unpaired) electrons. The average molecular weight is 459 g/mol. The van der Waals surface area contributed by atoms with E-state index in [1.165, 1.54) is 23.2 Å². The van der Waals surface area contributed by atoms with Crippen molar-refractivity contribution in [3.05, 3.63) is 59.9 Å². The van der Waals surface area contributed by atoms with E-state index in [1.807, 2.05) is 10.3 Å². The lowest BCUT2D eigenvalue weighted by atomic mass is 9.84. The smallest absolute Gasteiger partial charge is 0.275 e. The molecule has 1 aliphatic heterocycles. The van der Waals surface area contributed by atoms with Crippen molar-refractivity contribution >= 4 is 23.7 Å². The van der Waals surface area contributed by atoms with Crippen LogP contribution in [0.5, 0.6) is 0 Å². The van der Waals surface area contributed by atoms with Gasteiger partial charge in [0.05, 0.1) is 24.0 Å². The number of likely N-dealkylation sites (tertiary alicyclic amines) is 1. The molecule has 1 aromatic heterocycles. The topological polar surface area (TPSA) is 77.9 Å². The first-order valence-electron chi connectivity index (χ1n) is 10.7. The number of halogens is 3. The van der Waals surface area contributed by atoms with Gasteiger partial charge in [0, 0.05) is 31.0 Å². The molecule has 2 aliphatic rings. The Hall–Kier alpha value is -3.27. The van der Waals surface area contributed by atoms with Gasteiger partial charge in [-0.15, -0.1) is 0 Å². The quantitative estimate of drug-likeness (QED) is 0.486. The van der Waals surface area contributed by atoms with E-state index in [9.17, 15) is 18.4 Å². The van der Waals surface area contributed by atoms with E-state index in [0.717, 1.165) is 19.3 Å². The van der Waals surface area contributed by atoms with Crippen LogP contribution < -0.4 is 10.3 Å². The molecule has 0 atom stereocenters. The number of carbonyl (C=O) groups is 2. The van der Waals surface area contributed by atoms with Gasteiger partial charge in [0.2, 0.25) is 5.67 Å². The number of hydrazone groups is 1. The van der Waals surface area contributed by atoms with Crippen LogP contribution in [0.1, 0.15) is 35.3 Å². The molecule has 7 nitrogen and oxygen atoms in total. The predicted molar refractivity (Wildman–Crippen MR) is 117 cm³/mol. The molecule has 0 unspecified atom stereocenters. The Morgan fingerprint density at radius 2 is 1.94 bits per heavy atom. The molecule has 1 saturated carbocycles. The highest BCUT2D eigenvalue weighted by molar-refractivity contribution is 6.00. The monoisotopic (exact) mass is 459 g/mol. The molecular formula is C23H24F3N5O2. The first kappa shape index (κ1) is 22.9. The summed E-state index contributed by atoms with van der Waals surface area (Å²) in [5, 5.41) is 3.15. The highest BCUT2D eigenvalue weighted by Crippen LogP contribution is 2.37. The van der Waals surface area contributed by atoms with Crippen LogP contribution in [0.4, 0.5) is 18.9 Å². The third-order valence-corrected chi connectivity index (χ3v) is 5.96. The van der Waals surface area contributed by atoms with Gasteiger partial charge in [-0.1, -0.05) is 24.6 Å². The number of benzene rings is 1. The highest BCUT2D eigenvalue weighted by Gasteiger charge is 2.54. The van der Waals surface area contributed by atoms with Crippen molar-refractivity contribution in [1.82, 2.24) is 15.3 Å². The van der Waals surface area contributed by atoms with Crippen molar-refractivity contribution in [3.8, 4) is 0 Å². The van der Waals surface area contributed by atoms with Crippen LogP contribution >= 0.6 is 0 Å². The SMILES string of the molecule is O=C(N/N=C/C(F)F)c1ccc(CN(C(=O)C2(F)CN(C3CCC3)C2)c2ccccc2)nc1. The fourth-order valence-electron chi connectivity index (χ4n) is 3.90. The number of para-hydroxylation sites is 1. The van der Waals surface area contributed by atoms with E-state index < -0.39 is 23.9 Å². The van der Waals surface area contributed by atoms with Crippen LogP contribution in [-0.4, -0.2) is 59.1 Å². The number of nitrogens with zero attached hydrogens (tertiary/aromatic N) is 4. The van der Waals surface area contributed by atoms with E-state index in [0.29, 0.717) is 23.6 Å². The molecule has 2 fully saturated rings. The zero-order chi connectivity index (χ0) is 23.4. The van der Waals surface area contributed by atoms with Crippen molar-refractivity contribution < 1.29 is 22.8 Å². The lowest BCUT2D eigenvalue weighted by Gasteiger charge is -2.51. The molecule has 33 heavy (non-hydrogen) atoms. The minimum Gasteiger partial charge on any atom is -0.304 e. The first-order valence-corrected chi connectivity index (χ1v) is 10.7. The third-order valence-electron chi connectivity index (χ3n) is 5.96. The molecule has 4 rings (SSSR count). The minimum absolute atomic E-state index is 0.0172. The van der Waals surface area contributed by atoms with E-state index in [1.54, 1.807) is 30.3 Å². The van der Waals surface area contributed by atoms with Gasteiger partial charge in [-0.2, -0.15) is 5.10 Å². The zero-order valence-corrected chi connectivity index (χ0v) is 17.8. The average Bonchev–Trinajstić information content (AvgIpc) is 2.75. The lowest BCUT2D eigenvalue weighted by Crippen LogP contribution is -2.69. The van der Waals surface area contributed by atoms with E-state index in [-0.39, 0.29) is 25.2 Å². The molecule has 2 amide bonds. The Balaban J connectivity index is 1.46. The summed E-state index contributed by atoms with van der Waals surface area (Å²) in [7, 11) is 0. The zero-order valence-electron chi connectivity index (χ0n) is 17.8. The standard InChI is InChI=1S/C23H24F3N5O2/c24-20(25)12-28-29-21(32)16-9-10-17(27-11-16)13-31(19-5-2-1-3-6-19)22(33)23(26)14-30(15-23)18-7-4-8-18/h1-3,5-6,9-12,18,20H,4,7-8,13-15H2,(H,29,32)/b28-12+. The van der Waals surface area contributed by atoms with Gasteiger partial charge >= 0.3 is 0 Å². The lowest BCUT2D eigenvalue weighted by molar-refractivity contribution is -0.147. The number of hydrogen-bond acceptors (Lipinski definition) is 5. The molecule has 1 N–H and O–H groups in total. The van der Waals surface area contributed by atoms with Crippen molar-refractivity contribution in [2.24, 2.45) is 5.10 Å². The fraction of sp³-hybridized carbons (Fsp3) is 0.391. The Morgan fingerprint density at radius 3 is 2.52 bits per heavy atom. The largest absolute Gasteiger partial charge is 0.304 e. The number of alkyl halides is 3. The van der Waals surface area contributed by atoms with Crippen molar-refractivity contribution in [2.45, 2.75) is 43.9 Å². The number of pyridine rings is 1. The van der Waals surface area contributed by atoms with Crippen LogP contribution in [-0.2, 0) is 11.3 Å². The van der Waals surface area contributed by atoms with Crippen molar-refractivity contribution in [2.75, 3.05) is 18.0 Å². The maximum Gasteiger partial charge on any atom is 0.275 e. The second-order valence-corrected chi connectivity index (χ2v) is 8.27. The summed E-state index contributed by atoms with van der Waals surface area (Å²) in [6, 6.07) is 12.1. The van der Waals surface area contributed by atoms with Gasteiger partial charge in [0.15, 0.2) is 0 Å². The summed E-state index contributed by atoms with van der Waals surface area (Å²) in [6.45, 7) is 0.195. The van der Waals surface area contributed by atoms with Gasteiger partial charge in [0.1, 0.15) is 0 Å². The molecule has 174 valence electrons. The van der Waals surface area contributed by atoms with E-state index in [2.05, 4.69) is 10.1 Å². The van der Waals surface area contributed by atoms with Gasteiger partial charge in [-0.3, -0.25) is 19.5 Å². The summed E-state index contributed by atoms with van der Waals surface area (Å²) >= 11 is 0. The van der Waals surface area contributed by atoms with Gasteiger partial charge in [0.25, 0.3) is 18.2 Å². The number of carbonyl (C=O) groups excluding carboxylic acids is 2. The summed E-state index contributed by atoms with van der Waals surface area (Å²) in [6.07, 6.45) is 2.02. The highest BCUT2D eigenvalue weighted by atomic mass is 19.3. The summed E-state index contributed by atoms with van der Waals surface area (Å²) in [5.41, 5.74) is 1.14. The Morgan fingerprint density at radius 1 is 1.21 bits per heavy atom. The third kappa shape index (κ3) is 5.22. The normalized spacial score (nSPS) is 18.1. The van der Waals surface area contributed by atoms with Crippen LogP contribution in [0.15, 0.2) is 53.8 Å². The minimum atomic E-state index is -2.78.